The van der Waals surface area contributed by atoms with E-state index in [-0.39, 0.29) is 13.1 Å². The molecule has 2 amide bonds. The number of halogens is 1. The Morgan fingerprint density at radius 3 is 2.24 bits per heavy atom. The number of carbonyl (C=O) groups is 2. The highest BCUT2D eigenvalue weighted by atomic mass is 19.1. The summed E-state index contributed by atoms with van der Waals surface area (Å²) in [4.78, 5) is 25.3. The van der Waals surface area contributed by atoms with Gasteiger partial charge in [-0.15, -0.1) is 0 Å². The van der Waals surface area contributed by atoms with Crippen LogP contribution in [0.4, 0.5) is 4.39 Å². The molecule has 2 N–H and O–H groups in total. The standard InChI is InChI=1S/C16H19FN2O2/c1-2-3-6-11(9-18)14(17)10-19-15(20)12-7-4-5-8-13(12)16(19)21/h4-5,7-8H,2-3,6,9-10,18H2,1H3/b14-11+. The lowest BCUT2D eigenvalue weighted by Gasteiger charge is -2.14. The van der Waals surface area contributed by atoms with Gasteiger partial charge in [-0.3, -0.25) is 14.5 Å². The molecule has 0 atom stereocenters. The Hall–Kier alpha value is -2.01. The summed E-state index contributed by atoms with van der Waals surface area (Å²) in [5.41, 5.74) is 6.70. The molecule has 4 nitrogen and oxygen atoms in total. The number of rotatable bonds is 6. The Kier molecular flexibility index (Phi) is 4.85. The van der Waals surface area contributed by atoms with Gasteiger partial charge in [0.25, 0.3) is 11.8 Å². The van der Waals surface area contributed by atoms with Gasteiger partial charge in [-0.2, -0.15) is 0 Å². The first kappa shape index (κ1) is 15.4. The van der Waals surface area contributed by atoms with Gasteiger partial charge < -0.3 is 5.73 Å². The highest BCUT2D eigenvalue weighted by Crippen LogP contribution is 2.24. The Labute approximate surface area is 123 Å². The van der Waals surface area contributed by atoms with Crippen molar-refractivity contribution in [3.63, 3.8) is 0 Å². The monoisotopic (exact) mass is 290 g/mol. The van der Waals surface area contributed by atoms with Crippen molar-refractivity contribution in [1.29, 1.82) is 0 Å². The molecule has 0 saturated heterocycles. The molecule has 21 heavy (non-hydrogen) atoms. The van der Waals surface area contributed by atoms with Crippen molar-refractivity contribution in [2.45, 2.75) is 26.2 Å². The topological polar surface area (TPSA) is 63.4 Å². The molecule has 5 heteroatoms. The van der Waals surface area contributed by atoms with Crippen LogP contribution < -0.4 is 5.73 Å². The van der Waals surface area contributed by atoms with Crippen molar-refractivity contribution in [3.05, 3.63) is 46.8 Å². The van der Waals surface area contributed by atoms with Crippen LogP contribution >= 0.6 is 0 Å². The molecule has 0 radical (unpaired) electrons. The van der Waals surface area contributed by atoms with Gasteiger partial charge >= 0.3 is 0 Å². The molecule has 0 bridgehead atoms. The minimum absolute atomic E-state index is 0.106. The van der Waals surface area contributed by atoms with Crippen LogP contribution in [-0.2, 0) is 0 Å². The third-order valence-corrected chi connectivity index (χ3v) is 3.64. The SMILES string of the molecule is CCCC/C(CN)=C(\F)CN1C(=O)c2ccccc2C1=O. The highest BCUT2D eigenvalue weighted by molar-refractivity contribution is 6.21. The number of nitrogens with zero attached hydrogens (tertiary/aromatic N) is 1. The van der Waals surface area contributed by atoms with E-state index in [9.17, 15) is 14.0 Å². The quantitative estimate of drug-likeness (QED) is 0.819. The number of hydrogen-bond donors (Lipinski definition) is 1. The van der Waals surface area contributed by atoms with Gasteiger partial charge in [-0.05, 0) is 30.5 Å². The van der Waals surface area contributed by atoms with E-state index in [1.54, 1.807) is 24.3 Å². The second kappa shape index (κ2) is 6.63. The summed E-state index contributed by atoms with van der Waals surface area (Å²) in [5, 5.41) is 0. The van der Waals surface area contributed by atoms with Crippen LogP contribution in [0.15, 0.2) is 35.7 Å². The van der Waals surface area contributed by atoms with Crippen LogP contribution in [0.25, 0.3) is 0 Å². The predicted octanol–water partition coefficient (Wildman–Crippen LogP) is 2.66. The average Bonchev–Trinajstić information content (AvgIpc) is 2.74. The molecule has 1 aromatic rings. The van der Waals surface area contributed by atoms with Gasteiger partial charge in [-0.1, -0.05) is 25.5 Å². The smallest absolute Gasteiger partial charge is 0.261 e. The van der Waals surface area contributed by atoms with Crippen molar-refractivity contribution < 1.29 is 14.0 Å². The molecule has 1 aromatic carbocycles. The first-order chi connectivity index (χ1) is 10.1. The van der Waals surface area contributed by atoms with Crippen molar-refractivity contribution in [2.75, 3.05) is 13.1 Å². The summed E-state index contributed by atoms with van der Waals surface area (Å²) >= 11 is 0. The first-order valence-corrected chi connectivity index (χ1v) is 7.11. The molecule has 112 valence electrons. The minimum Gasteiger partial charge on any atom is -0.327 e. The number of nitrogens with two attached hydrogens (primary N) is 1. The number of hydrogen-bond acceptors (Lipinski definition) is 3. The molecule has 0 saturated carbocycles. The Balaban J connectivity index is 2.19. The van der Waals surface area contributed by atoms with Crippen LogP contribution in [0.2, 0.25) is 0 Å². The summed E-state index contributed by atoms with van der Waals surface area (Å²) in [5.74, 6) is -1.37. The summed E-state index contributed by atoms with van der Waals surface area (Å²) in [6, 6.07) is 6.54. The van der Waals surface area contributed by atoms with Gasteiger partial charge in [0.1, 0.15) is 5.83 Å². The molecule has 0 unspecified atom stereocenters. The van der Waals surface area contributed by atoms with E-state index in [1.165, 1.54) is 0 Å². The largest absolute Gasteiger partial charge is 0.327 e. The van der Waals surface area contributed by atoms with Crippen molar-refractivity contribution in [2.24, 2.45) is 5.73 Å². The first-order valence-electron chi connectivity index (χ1n) is 7.11. The van der Waals surface area contributed by atoms with Crippen LogP contribution in [0.5, 0.6) is 0 Å². The fraction of sp³-hybridized carbons (Fsp3) is 0.375. The number of benzene rings is 1. The van der Waals surface area contributed by atoms with E-state index < -0.39 is 17.6 Å². The van der Waals surface area contributed by atoms with E-state index in [1.807, 2.05) is 6.92 Å². The third-order valence-electron chi connectivity index (χ3n) is 3.64. The van der Waals surface area contributed by atoms with E-state index in [4.69, 9.17) is 5.73 Å². The van der Waals surface area contributed by atoms with Crippen molar-refractivity contribution in [1.82, 2.24) is 4.90 Å². The lowest BCUT2D eigenvalue weighted by atomic mass is 10.1. The molecule has 1 heterocycles. The minimum atomic E-state index is -0.472. The van der Waals surface area contributed by atoms with Gasteiger partial charge in [0.15, 0.2) is 0 Å². The maximum absolute atomic E-state index is 14.3. The Morgan fingerprint density at radius 2 is 1.76 bits per heavy atom. The fourth-order valence-corrected chi connectivity index (χ4v) is 2.37. The molecule has 0 aliphatic carbocycles. The number of fused-ring (bicyclic) bond motifs is 1. The molecule has 2 rings (SSSR count). The molecular weight excluding hydrogens is 271 g/mol. The van der Waals surface area contributed by atoms with E-state index in [0.717, 1.165) is 17.7 Å². The molecule has 1 aliphatic rings. The zero-order chi connectivity index (χ0) is 15.4. The Bertz CT molecular complexity index is 561. The van der Waals surface area contributed by atoms with Gasteiger partial charge in [0, 0.05) is 6.54 Å². The number of carbonyl (C=O) groups excluding carboxylic acids is 2. The van der Waals surface area contributed by atoms with Crippen molar-refractivity contribution in [3.8, 4) is 0 Å². The average molecular weight is 290 g/mol. The molecule has 0 aromatic heterocycles. The van der Waals surface area contributed by atoms with E-state index >= 15 is 0 Å². The summed E-state index contributed by atoms with van der Waals surface area (Å²) in [6.45, 7) is 1.79. The van der Waals surface area contributed by atoms with E-state index in [0.29, 0.717) is 23.1 Å². The third kappa shape index (κ3) is 3.03. The maximum atomic E-state index is 14.3. The van der Waals surface area contributed by atoms with Gasteiger partial charge in [-0.25, -0.2) is 4.39 Å². The summed E-state index contributed by atoms with van der Waals surface area (Å²) in [7, 11) is 0. The maximum Gasteiger partial charge on any atom is 0.261 e. The van der Waals surface area contributed by atoms with E-state index in [2.05, 4.69) is 0 Å². The molecular formula is C16H19FN2O2. The molecule has 1 aliphatic heterocycles. The Morgan fingerprint density at radius 1 is 1.19 bits per heavy atom. The van der Waals surface area contributed by atoms with Crippen LogP contribution in [0.1, 0.15) is 46.9 Å². The number of imide groups is 1. The van der Waals surface area contributed by atoms with Crippen LogP contribution in [0, 0.1) is 0 Å². The number of unbranched alkanes of at least 4 members (excludes halogenated alkanes) is 1. The predicted molar refractivity (Wildman–Crippen MR) is 78.5 cm³/mol. The zero-order valence-electron chi connectivity index (χ0n) is 12.1. The van der Waals surface area contributed by atoms with Gasteiger partial charge in [0.2, 0.25) is 0 Å². The lowest BCUT2D eigenvalue weighted by Crippen LogP contribution is -2.31. The highest BCUT2D eigenvalue weighted by Gasteiger charge is 2.35. The van der Waals surface area contributed by atoms with Crippen LogP contribution in [-0.4, -0.2) is 29.8 Å². The zero-order valence-corrected chi connectivity index (χ0v) is 12.1. The van der Waals surface area contributed by atoms with Crippen LogP contribution in [0.3, 0.4) is 0 Å². The second-order valence-electron chi connectivity index (χ2n) is 5.06. The second-order valence-corrected chi connectivity index (χ2v) is 5.06. The summed E-state index contributed by atoms with van der Waals surface area (Å²) in [6.07, 6.45) is 2.33. The summed E-state index contributed by atoms with van der Waals surface area (Å²) < 4.78 is 14.3. The normalized spacial score (nSPS) is 15.3. The number of amides is 2. The molecule has 0 spiro atoms. The van der Waals surface area contributed by atoms with Gasteiger partial charge in [0.05, 0.1) is 17.7 Å². The molecule has 0 fully saturated rings. The fourth-order valence-electron chi connectivity index (χ4n) is 2.37. The van der Waals surface area contributed by atoms with Crippen molar-refractivity contribution >= 4 is 11.8 Å². The lowest BCUT2D eigenvalue weighted by molar-refractivity contribution is 0.0659.